The second kappa shape index (κ2) is 5.61. The summed E-state index contributed by atoms with van der Waals surface area (Å²) in [6.07, 6.45) is 7.01. The van der Waals surface area contributed by atoms with Crippen molar-refractivity contribution >= 4 is 11.8 Å². The maximum Gasteiger partial charge on any atom is 0.223 e. The largest absolute Gasteiger partial charge is 0.384 e. The summed E-state index contributed by atoms with van der Waals surface area (Å²) in [5.74, 6) is 1.04. The predicted molar refractivity (Wildman–Crippen MR) is 79.3 cm³/mol. The Hall–Kier alpha value is -2.90. The molecule has 3 heterocycles. The topological polar surface area (TPSA) is 110 Å². The van der Waals surface area contributed by atoms with Gasteiger partial charge < -0.3 is 11.1 Å². The van der Waals surface area contributed by atoms with Crippen molar-refractivity contribution in [1.82, 2.24) is 29.9 Å². The molecule has 0 aromatic carbocycles. The van der Waals surface area contributed by atoms with Crippen LogP contribution in [0.5, 0.6) is 0 Å². The Morgan fingerprint density at radius 3 is 3.05 bits per heavy atom. The molecule has 1 atom stereocenters. The predicted octanol–water partition coefficient (Wildman–Crippen LogP) is 1.15. The molecule has 0 spiro atoms. The zero-order valence-electron chi connectivity index (χ0n) is 11.6. The average molecular weight is 284 g/mol. The van der Waals surface area contributed by atoms with Crippen molar-refractivity contribution in [3.63, 3.8) is 0 Å². The maximum atomic E-state index is 5.80. The van der Waals surface area contributed by atoms with Gasteiger partial charge >= 0.3 is 0 Å². The number of anilines is 2. The number of nitrogens with one attached hydrogen (secondary N) is 2. The smallest absolute Gasteiger partial charge is 0.223 e. The summed E-state index contributed by atoms with van der Waals surface area (Å²) in [5, 5.41) is 14.0. The second-order valence-corrected chi connectivity index (χ2v) is 4.74. The highest BCUT2D eigenvalue weighted by atomic mass is 15.3. The minimum atomic E-state index is 0.141. The molecule has 21 heavy (non-hydrogen) atoms. The summed E-state index contributed by atoms with van der Waals surface area (Å²) in [4.78, 5) is 8.68. The van der Waals surface area contributed by atoms with Gasteiger partial charge in [0.15, 0.2) is 0 Å². The molecule has 0 amide bonds. The van der Waals surface area contributed by atoms with Crippen molar-refractivity contribution in [3.05, 3.63) is 36.9 Å². The van der Waals surface area contributed by atoms with Crippen LogP contribution in [0.3, 0.4) is 0 Å². The van der Waals surface area contributed by atoms with E-state index in [1.807, 2.05) is 23.9 Å². The van der Waals surface area contributed by atoms with Crippen LogP contribution in [0.2, 0.25) is 0 Å². The molecule has 0 bridgehead atoms. The highest BCUT2D eigenvalue weighted by Crippen LogP contribution is 2.21. The van der Waals surface area contributed by atoms with Gasteiger partial charge in [0.1, 0.15) is 5.82 Å². The van der Waals surface area contributed by atoms with Gasteiger partial charge in [-0.15, -0.1) is 0 Å². The van der Waals surface area contributed by atoms with Crippen LogP contribution < -0.4 is 11.1 Å². The van der Waals surface area contributed by atoms with Gasteiger partial charge in [-0.3, -0.25) is 9.78 Å². The molecular weight excluding hydrogens is 268 g/mol. The molecule has 8 nitrogen and oxygen atoms in total. The standard InChI is InChI=1S/C13H16N8/c1-9(8-21-6-2-4-17-21)18-13-15-5-3-11(19-13)10-7-16-20-12(10)14/h2-7,9H,8H2,1H3,(H3,14,16,20)(H,15,18,19). The van der Waals surface area contributed by atoms with E-state index in [9.17, 15) is 0 Å². The van der Waals surface area contributed by atoms with Crippen molar-refractivity contribution < 1.29 is 0 Å². The van der Waals surface area contributed by atoms with Crippen LogP contribution in [-0.2, 0) is 6.54 Å². The Morgan fingerprint density at radius 2 is 2.33 bits per heavy atom. The molecule has 3 rings (SSSR count). The van der Waals surface area contributed by atoms with Gasteiger partial charge in [0.05, 0.1) is 24.0 Å². The quantitative estimate of drug-likeness (QED) is 0.648. The van der Waals surface area contributed by atoms with Crippen molar-refractivity contribution in [2.45, 2.75) is 19.5 Å². The van der Waals surface area contributed by atoms with Gasteiger partial charge in [-0.25, -0.2) is 9.97 Å². The Bertz CT molecular complexity index is 703. The summed E-state index contributed by atoms with van der Waals surface area (Å²) in [5.41, 5.74) is 7.29. The molecule has 1 unspecified atom stereocenters. The molecule has 3 aromatic rings. The number of rotatable bonds is 5. The number of nitrogens with two attached hydrogens (primary N) is 1. The summed E-state index contributed by atoms with van der Waals surface area (Å²) in [6, 6.07) is 3.83. The van der Waals surface area contributed by atoms with Crippen LogP contribution >= 0.6 is 0 Å². The van der Waals surface area contributed by atoms with Crippen LogP contribution in [0, 0.1) is 0 Å². The van der Waals surface area contributed by atoms with E-state index in [4.69, 9.17) is 5.73 Å². The zero-order valence-corrected chi connectivity index (χ0v) is 11.6. The fourth-order valence-electron chi connectivity index (χ4n) is 2.03. The Labute approximate surface area is 121 Å². The lowest BCUT2D eigenvalue weighted by molar-refractivity contribution is 0.558. The van der Waals surface area contributed by atoms with E-state index in [0.29, 0.717) is 11.8 Å². The van der Waals surface area contributed by atoms with E-state index in [0.717, 1.165) is 17.8 Å². The van der Waals surface area contributed by atoms with E-state index in [1.54, 1.807) is 24.7 Å². The van der Waals surface area contributed by atoms with Crippen molar-refractivity contribution in [2.24, 2.45) is 0 Å². The van der Waals surface area contributed by atoms with E-state index in [1.165, 1.54) is 0 Å². The molecule has 4 N–H and O–H groups in total. The summed E-state index contributed by atoms with van der Waals surface area (Å²) in [7, 11) is 0. The fourth-order valence-corrected chi connectivity index (χ4v) is 2.03. The van der Waals surface area contributed by atoms with E-state index in [2.05, 4.69) is 30.6 Å². The normalized spacial score (nSPS) is 12.2. The van der Waals surface area contributed by atoms with Gasteiger partial charge in [0, 0.05) is 24.6 Å². The number of hydrogen-bond donors (Lipinski definition) is 3. The summed E-state index contributed by atoms with van der Waals surface area (Å²) < 4.78 is 1.86. The lowest BCUT2D eigenvalue weighted by Gasteiger charge is -2.14. The maximum absolute atomic E-state index is 5.80. The Balaban J connectivity index is 1.73. The molecule has 108 valence electrons. The minimum Gasteiger partial charge on any atom is -0.384 e. The summed E-state index contributed by atoms with van der Waals surface area (Å²) in [6.45, 7) is 2.78. The molecular formula is C13H16N8. The average Bonchev–Trinajstić information content (AvgIpc) is 3.10. The molecule has 0 saturated heterocycles. The SMILES string of the molecule is CC(Cn1cccn1)Nc1nccc(-c2cn[nH]c2N)n1. The monoisotopic (exact) mass is 284 g/mol. The number of nitrogen functional groups attached to an aromatic ring is 1. The van der Waals surface area contributed by atoms with E-state index >= 15 is 0 Å². The molecule has 0 aliphatic rings. The summed E-state index contributed by atoms with van der Waals surface area (Å²) >= 11 is 0. The van der Waals surface area contributed by atoms with Crippen molar-refractivity contribution in [2.75, 3.05) is 11.1 Å². The van der Waals surface area contributed by atoms with Crippen molar-refractivity contribution in [3.8, 4) is 11.3 Å². The lowest BCUT2D eigenvalue weighted by atomic mass is 10.2. The molecule has 8 heteroatoms. The molecule has 0 radical (unpaired) electrons. The van der Waals surface area contributed by atoms with Crippen LogP contribution in [-0.4, -0.2) is 36.0 Å². The first-order chi connectivity index (χ1) is 10.2. The third-order valence-electron chi connectivity index (χ3n) is 3.00. The Kier molecular flexibility index (Phi) is 3.50. The van der Waals surface area contributed by atoms with E-state index < -0.39 is 0 Å². The lowest BCUT2D eigenvalue weighted by Crippen LogP contribution is -2.23. The molecule has 3 aromatic heterocycles. The number of aromatic amines is 1. The third-order valence-corrected chi connectivity index (χ3v) is 3.00. The molecule has 0 aliphatic heterocycles. The number of hydrogen-bond acceptors (Lipinski definition) is 6. The molecule has 0 aliphatic carbocycles. The van der Waals surface area contributed by atoms with Gasteiger partial charge in [-0.1, -0.05) is 0 Å². The highest BCUT2D eigenvalue weighted by Gasteiger charge is 2.09. The number of aromatic nitrogens is 6. The van der Waals surface area contributed by atoms with Crippen LogP contribution in [0.25, 0.3) is 11.3 Å². The first kappa shape index (κ1) is 13.1. The second-order valence-electron chi connectivity index (χ2n) is 4.74. The number of H-pyrrole nitrogens is 1. The Morgan fingerprint density at radius 1 is 1.43 bits per heavy atom. The van der Waals surface area contributed by atoms with E-state index in [-0.39, 0.29) is 6.04 Å². The zero-order chi connectivity index (χ0) is 14.7. The van der Waals surface area contributed by atoms with Gasteiger partial charge in [0.2, 0.25) is 5.95 Å². The van der Waals surface area contributed by atoms with Gasteiger partial charge in [0.25, 0.3) is 0 Å². The van der Waals surface area contributed by atoms with Crippen molar-refractivity contribution in [1.29, 1.82) is 0 Å². The van der Waals surface area contributed by atoms with Gasteiger partial charge in [-0.05, 0) is 19.1 Å². The fraction of sp³-hybridized carbons (Fsp3) is 0.231. The molecule has 0 saturated carbocycles. The third kappa shape index (κ3) is 2.99. The number of nitrogens with zero attached hydrogens (tertiary/aromatic N) is 5. The molecule has 0 fully saturated rings. The van der Waals surface area contributed by atoms with Crippen LogP contribution in [0.1, 0.15) is 6.92 Å². The highest BCUT2D eigenvalue weighted by molar-refractivity contribution is 5.70. The van der Waals surface area contributed by atoms with Gasteiger partial charge in [-0.2, -0.15) is 10.2 Å². The minimum absolute atomic E-state index is 0.141. The van der Waals surface area contributed by atoms with Crippen LogP contribution in [0.15, 0.2) is 36.9 Å². The van der Waals surface area contributed by atoms with Crippen LogP contribution in [0.4, 0.5) is 11.8 Å². The first-order valence-corrected chi connectivity index (χ1v) is 6.58. The first-order valence-electron chi connectivity index (χ1n) is 6.58.